The topological polar surface area (TPSA) is 66.2 Å². The highest BCUT2D eigenvalue weighted by Crippen LogP contribution is 2.33. The van der Waals surface area contributed by atoms with Crippen LogP contribution in [0, 0.1) is 3.57 Å². The highest BCUT2D eigenvalue weighted by Gasteiger charge is 2.08. The second-order valence-corrected chi connectivity index (χ2v) is 6.51. The largest absolute Gasteiger partial charge is 0.506 e. The Kier molecular flexibility index (Phi) is 5.01. The molecule has 2 aromatic heterocycles. The third kappa shape index (κ3) is 3.37. The lowest BCUT2D eigenvalue weighted by atomic mass is 10.2. The van der Waals surface area contributed by atoms with Crippen molar-refractivity contribution >= 4 is 56.0 Å². The number of hydrogen-bond acceptors (Lipinski definition) is 4. The molecule has 2 aromatic carbocycles. The molecule has 0 aliphatic carbocycles. The van der Waals surface area contributed by atoms with Crippen LogP contribution in [0.4, 0.5) is 0 Å². The summed E-state index contributed by atoms with van der Waals surface area (Å²) in [5.74, 6) is 0.434. The lowest BCUT2D eigenvalue weighted by Gasteiger charge is -2.03. The number of pyridine rings is 2. The summed E-state index contributed by atoms with van der Waals surface area (Å²) in [6.07, 6.45) is 3.30. The number of benzene rings is 2. The van der Waals surface area contributed by atoms with Crippen LogP contribution in [0.15, 0.2) is 60.9 Å². The van der Waals surface area contributed by atoms with Crippen LogP contribution in [0.3, 0.4) is 0 Å². The van der Waals surface area contributed by atoms with Crippen LogP contribution in [-0.4, -0.2) is 20.2 Å². The second kappa shape index (κ2) is 7.19. The van der Waals surface area contributed by atoms with E-state index in [4.69, 9.17) is 11.6 Å². The number of phenols is 2. The predicted molar refractivity (Wildman–Crippen MR) is 105 cm³/mol. The van der Waals surface area contributed by atoms with Crippen LogP contribution in [0.2, 0.25) is 5.02 Å². The zero-order chi connectivity index (χ0) is 17.1. The second-order valence-electron chi connectivity index (χ2n) is 4.94. The summed E-state index contributed by atoms with van der Waals surface area (Å²) in [5.41, 5.74) is 1.22. The molecule has 0 unspecified atom stereocenters. The quantitative estimate of drug-likeness (QED) is 0.364. The van der Waals surface area contributed by atoms with Crippen LogP contribution in [0.25, 0.3) is 21.8 Å². The molecule has 0 saturated carbocycles. The van der Waals surface area contributed by atoms with Crippen LogP contribution in [0.5, 0.6) is 11.5 Å². The summed E-state index contributed by atoms with van der Waals surface area (Å²) in [5, 5.41) is 21.3. The Morgan fingerprint density at radius 1 is 0.875 bits per heavy atom. The molecule has 0 atom stereocenters. The van der Waals surface area contributed by atoms with Crippen molar-refractivity contribution in [3.63, 3.8) is 0 Å². The maximum Gasteiger partial charge on any atom is 0.155 e. The van der Waals surface area contributed by atoms with Gasteiger partial charge in [0, 0.05) is 23.2 Å². The van der Waals surface area contributed by atoms with Crippen molar-refractivity contribution in [2.45, 2.75) is 0 Å². The van der Waals surface area contributed by atoms with E-state index >= 15 is 0 Å². The predicted octanol–water partition coefficient (Wildman–Crippen LogP) is 5.14. The maximum atomic E-state index is 9.65. The molecule has 0 aliphatic rings. The molecule has 0 bridgehead atoms. The minimum absolute atomic E-state index is 0.195. The summed E-state index contributed by atoms with van der Waals surface area (Å²) < 4.78 is 0.716. The number of rotatable bonds is 0. The molecule has 24 heavy (non-hydrogen) atoms. The Morgan fingerprint density at radius 2 is 1.54 bits per heavy atom. The Labute approximate surface area is 156 Å². The fourth-order valence-electron chi connectivity index (χ4n) is 2.25. The molecule has 4 rings (SSSR count). The van der Waals surface area contributed by atoms with Crippen molar-refractivity contribution in [3.8, 4) is 11.5 Å². The van der Waals surface area contributed by atoms with E-state index in [0.29, 0.717) is 19.6 Å². The van der Waals surface area contributed by atoms with E-state index in [1.165, 1.54) is 0 Å². The normalized spacial score (nSPS) is 10.4. The standard InChI is InChI=1S/C9H5ClINO.C9H7NO/c10-6-4-7(11)9(13)8-5(6)2-1-3-12-8;11-8-5-1-3-7-4-2-6-10-9(7)8/h1-4,13H;1-6,11H. The molecular weight excluding hydrogens is 439 g/mol. The zero-order valence-electron chi connectivity index (χ0n) is 12.3. The molecule has 2 N–H and O–H groups in total. The molecule has 0 spiro atoms. The summed E-state index contributed by atoms with van der Waals surface area (Å²) in [6, 6.07) is 14.5. The molecule has 6 heteroatoms. The number of nitrogens with zero attached hydrogens (tertiary/aromatic N) is 2. The molecule has 0 saturated heterocycles. The summed E-state index contributed by atoms with van der Waals surface area (Å²) in [6.45, 7) is 0. The van der Waals surface area contributed by atoms with Gasteiger partial charge in [-0.3, -0.25) is 9.97 Å². The van der Waals surface area contributed by atoms with E-state index in [1.54, 1.807) is 36.7 Å². The molecular formula is C18H12ClIN2O2. The van der Waals surface area contributed by atoms with Gasteiger partial charge in [-0.05, 0) is 52.9 Å². The Morgan fingerprint density at radius 3 is 2.29 bits per heavy atom. The Hall–Kier alpha value is -2.12. The Balaban J connectivity index is 0.000000143. The van der Waals surface area contributed by atoms with Crippen molar-refractivity contribution in [1.82, 2.24) is 9.97 Å². The Bertz CT molecular complexity index is 1020. The lowest BCUT2D eigenvalue weighted by molar-refractivity contribution is 0.476. The van der Waals surface area contributed by atoms with Crippen LogP contribution in [-0.2, 0) is 0 Å². The van der Waals surface area contributed by atoms with Gasteiger partial charge in [0.1, 0.15) is 16.8 Å². The van der Waals surface area contributed by atoms with Crippen molar-refractivity contribution in [2.24, 2.45) is 0 Å². The minimum atomic E-state index is 0.195. The average Bonchev–Trinajstić information content (AvgIpc) is 2.61. The van der Waals surface area contributed by atoms with Gasteiger partial charge in [0.05, 0.1) is 8.59 Å². The van der Waals surface area contributed by atoms with Gasteiger partial charge in [0.15, 0.2) is 5.75 Å². The number of hydrogen-bond donors (Lipinski definition) is 2. The van der Waals surface area contributed by atoms with Gasteiger partial charge in [-0.25, -0.2) is 0 Å². The third-order valence-corrected chi connectivity index (χ3v) is 4.52. The summed E-state index contributed by atoms with van der Waals surface area (Å²) >= 11 is 8.00. The molecule has 0 amide bonds. The lowest BCUT2D eigenvalue weighted by Crippen LogP contribution is -1.83. The number of phenolic OH excluding ortho intramolecular Hbond substituents is 2. The molecule has 2 heterocycles. The molecule has 4 aromatic rings. The van der Waals surface area contributed by atoms with Gasteiger partial charge in [0.25, 0.3) is 0 Å². The van der Waals surface area contributed by atoms with Crippen molar-refractivity contribution in [1.29, 1.82) is 0 Å². The van der Waals surface area contributed by atoms with Crippen LogP contribution < -0.4 is 0 Å². The number of fused-ring (bicyclic) bond motifs is 2. The SMILES string of the molecule is Oc1c(I)cc(Cl)c2cccnc12.Oc1cccc2cccnc12. The van der Waals surface area contributed by atoms with E-state index in [-0.39, 0.29) is 11.5 Å². The highest BCUT2D eigenvalue weighted by molar-refractivity contribution is 14.1. The molecule has 120 valence electrons. The van der Waals surface area contributed by atoms with Crippen molar-refractivity contribution in [3.05, 3.63) is 69.5 Å². The van der Waals surface area contributed by atoms with E-state index in [1.807, 2.05) is 46.9 Å². The van der Waals surface area contributed by atoms with E-state index < -0.39 is 0 Å². The molecule has 4 nitrogen and oxygen atoms in total. The molecule has 0 aliphatic heterocycles. The monoisotopic (exact) mass is 450 g/mol. The zero-order valence-corrected chi connectivity index (χ0v) is 15.2. The van der Waals surface area contributed by atoms with Crippen LogP contribution in [0.1, 0.15) is 0 Å². The third-order valence-electron chi connectivity index (χ3n) is 3.38. The van der Waals surface area contributed by atoms with Crippen molar-refractivity contribution in [2.75, 3.05) is 0 Å². The van der Waals surface area contributed by atoms with E-state index in [0.717, 1.165) is 10.8 Å². The fourth-order valence-corrected chi connectivity index (χ4v) is 3.26. The smallest absolute Gasteiger partial charge is 0.155 e. The highest BCUT2D eigenvalue weighted by atomic mass is 127. The van der Waals surface area contributed by atoms with Gasteiger partial charge in [-0.2, -0.15) is 0 Å². The van der Waals surface area contributed by atoms with E-state index in [9.17, 15) is 10.2 Å². The van der Waals surface area contributed by atoms with Crippen LogP contribution >= 0.6 is 34.2 Å². The number of aromatic nitrogens is 2. The van der Waals surface area contributed by atoms with Crippen molar-refractivity contribution < 1.29 is 10.2 Å². The molecule has 0 radical (unpaired) electrons. The maximum absolute atomic E-state index is 9.65. The number of halogens is 2. The number of para-hydroxylation sites is 1. The summed E-state index contributed by atoms with van der Waals surface area (Å²) in [7, 11) is 0. The van der Waals surface area contributed by atoms with Gasteiger partial charge < -0.3 is 10.2 Å². The first-order valence-electron chi connectivity index (χ1n) is 7.02. The average molecular weight is 451 g/mol. The molecule has 0 fully saturated rings. The first kappa shape index (κ1) is 16.7. The van der Waals surface area contributed by atoms with Gasteiger partial charge in [0.2, 0.25) is 0 Å². The minimum Gasteiger partial charge on any atom is -0.506 e. The van der Waals surface area contributed by atoms with Gasteiger partial charge in [-0.15, -0.1) is 0 Å². The fraction of sp³-hybridized carbons (Fsp3) is 0. The first-order valence-corrected chi connectivity index (χ1v) is 8.48. The summed E-state index contributed by atoms with van der Waals surface area (Å²) in [4.78, 5) is 8.09. The number of aromatic hydroxyl groups is 2. The van der Waals surface area contributed by atoms with E-state index in [2.05, 4.69) is 9.97 Å². The first-order chi connectivity index (χ1) is 11.6. The van der Waals surface area contributed by atoms with Gasteiger partial charge >= 0.3 is 0 Å². The van der Waals surface area contributed by atoms with Gasteiger partial charge in [-0.1, -0.05) is 29.8 Å².